The monoisotopic (exact) mass is 277 g/mol. The van der Waals surface area contributed by atoms with Crippen LogP contribution in [0.2, 0.25) is 0 Å². The first kappa shape index (κ1) is 14.8. The van der Waals surface area contributed by atoms with Crippen molar-refractivity contribution < 1.29 is 9.53 Å². The Hall–Kier alpha value is -1.62. The van der Waals surface area contributed by atoms with Gasteiger partial charge in [-0.15, -0.1) is 0 Å². The molecular weight excluding hydrogens is 254 g/mol. The fraction of sp³-hybridized carbons (Fsp3) is 0.600. The van der Waals surface area contributed by atoms with Crippen LogP contribution in [0.15, 0.2) is 18.3 Å². The maximum absolute atomic E-state index is 12.1. The number of likely N-dealkylation sites (N-methyl/N-ethyl adjacent to an activating group) is 1. The summed E-state index contributed by atoms with van der Waals surface area (Å²) >= 11 is 0. The smallest absolute Gasteiger partial charge is 0.251 e. The number of amides is 1. The Balaban J connectivity index is 1.90. The average Bonchev–Trinajstić information content (AvgIpc) is 2.52. The molecule has 110 valence electrons. The van der Waals surface area contributed by atoms with Crippen molar-refractivity contribution in [2.45, 2.75) is 32.2 Å². The summed E-state index contributed by atoms with van der Waals surface area (Å²) in [6, 6.07) is 3.82. The van der Waals surface area contributed by atoms with E-state index < -0.39 is 0 Å². The van der Waals surface area contributed by atoms with E-state index in [0.717, 1.165) is 19.5 Å². The van der Waals surface area contributed by atoms with Crippen LogP contribution in [0.25, 0.3) is 0 Å². The van der Waals surface area contributed by atoms with Crippen molar-refractivity contribution in [2.24, 2.45) is 0 Å². The molecule has 0 aliphatic carbocycles. The van der Waals surface area contributed by atoms with Gasteiger partial charge in [-0.05, 0) is 32.0 Å². The van der Waals surface area contributed by atoms with Gasteiger partial charge in [0.15, 0.2) is 0 Å². The highest BCUT2D eigenvalue weighted by Crippen LogP contribution is 2.16. The van der Waals surface area contributed by atoms with Gasteiger partial charge in [-0.3, -0.25) is 9.69 Å². The molecule has 0 aromatic carbocycles. The molecule has 1 aliphatic rings. The summed E-state index contributed by atoms with van der Waals surface area (Å²) in [5.41, 5.74) is 0.593. The molecule has 2 rings (SSSR count). The third-order valence-corrected chi connectivity index (χ3v) is 3.86. The number of ether oxygens (including phenoxy) is 1. The Morgan fingerprint density at radius 2 is 2.40 bits per heavy atom. The molecular formula is C15H23N3O2. The average molecular weight is 277 g/mol. The lowest BCUT2D eigenvalue weighted by molar-refractivity contribution is 0.0917. The number of aromatic nitrogens is 1. The van der Waals surface area contributed by atoms with Crippen molar-refractivity contribution in [3.8, 4) is 5.88 Å². The molecule has 0 bridgehead atoms. The van der Waals surface area contributed by atoms with Gasteiger partial charge in [-0.2, -0.15) is 0 Å². The summed E-state index contributed by atoms with van der Waals surface area (Å²) in [4.78, 5) is 18.6. The van der Waals surface area contributed by atoms with Gasteiger partial charge in [-0.1, -0.05) is 13.3 Å². The normalized spacial score (nSPS) is 19.6. The van der Waals surface area contributed by atoms with E-state index in [1.807, 2.05) is 0 Å². The number of piperidine rings is 1. The molecule has 1 saturated heterocycles. The molecule has 20 heavy (non-hydrogen) atoms. The summed E-state index contributed by atoms with van der Waals surface area (Å²) in [7, 11) is 1.55. The van der Waals surface area contributed by atoms with Gasteiger partial charge in [0.05, 0.1) is 7.11 Å². The number of rotatable bonds is 5. The number of methoxy groups -OCH3 is 1. The summed E-state index contributed by atoms with van der Waals surface area (Å²) < 4.78 is 5.03. The molecule has 1 atom stereocenters. The number of carbonyl (C=O) groups excluding carboxylic acids is 1. The number of hydrogen-bond donors (Lipinski definition) is 1. The van der Waals surface area contributed by atoms with E-state index in [9.17, 15) is 4.79 Å². The van der Waals surface area contributed by atoms with Crippen molar-refractivity contribution in [1.29, 1.82) is 0 Å². The predicted molar refractivity (Wildman–Crippen MR) is 78.0 cm³/mol. The highest BCUT2D eigenvalue weighted by molar-refractivity contribution is 5.94. The van der Waals surface area contributed by atoms with E-state index in [1.165, 1.54) is 12.8 Å². The maximum atomic E-state index is 12.1. The number of likely N-dealkylation sites (tertiary alicyclic amines) is 1. The van der Waals surface area contributed by atoms with Gasteiger partial charge in [0.1, 0.15) is 0 Å². The van der Waals surface area contributed by atoms with Crippen molar-refractivity contribution >= 4 is 5.91 Å². The maximum Gasteiger partial charge on any atom is 0.251 e. The Labute approximate surface area is 120 Å². The Kier molecular flexibility index (Phi) is 5.35. The van der Waals surface area contributed by atoms with Crippen LogP contribution in [0.1, 0.15) is 36.5 Å². The van der Waals surface area contributed by atoms with Crippen LogP contribution in [0, 0.1) is 0 Å². The van der Waals surface area contributed by atoms with Gasteiger partial charge in [-0.25, -0.2) is 4.98 Å². The molecule has 1 aliphatic heterocycles. The SMILES string of the molecule is CCN1CCCCC1CNC(=O)c1ccnc(OC)c1. The highest BCUT2D eigenvalue weighted by atomic mass is 16.5. The van der Waals surface area contributed by atoms with Crippen molar-refractivity contribution in [2.75, 3.05) is 26.7 Å². The third-order valence-electron chi connectivity index (χ3n) is 3.86. The van der Waals surface area contributed by atoms with E-state index in [-0.39, 0.29) is 5.91 Å². The Bertz CT molecular complexity index is 450. The number of nitrogens with zero attached hydrogens (tertiary/aromatic N) is 2. The first-order chi connectivity index (χ1) is 9.74. The van der Waals surface area contributed by atoms with E-state index in [4.69, 9.17) is 4.74 Å². The molecule has 1 amide bonds. The van der Waals surface area contributed by atoms with Gasteiger partial charge in [0.25, 0.3) is 5.91 Å². The predicted octanol–water partition coefficient (Wildman–Crippen LogP) is 1.69. The Morgan fingerprint density at radius 3 is 3.15 bits per heavy atom. The van der Waals surface area contributed by atoms with E-state index >= 15 is 0 Å². The molecule has 1 fully saturated rings. The lowest BCUT2D eigenvalue weighted by Gasteiger charge is -2.34. The van der Waals surface area contributed by atoms with Crippen molar-refractivity contribution in [1.82, 2.24) is 15.2 Å². The highest BCUT2D eigenvalue weighted by Gasteiger charge is 2.21. The zero-order valence-electron chi connectivity index (χ0n) is 12.3. The van der Waals surface area contributed by atoms with Gasteiger partial charge >= 0.3 is 0 Å². The zero-order valence-corrected chi connectivity index (χ0v) is 12.3. The fourth-order valence-corrected chi connectivity index (χ4v) is 2.68. The van der Waals surface area contributed by atoms with E-state index in [1.54, 1.807) is 25.4 Å². The lowest BCUT2D eigenvalue weighted by atomic mass is 10.0. The second kappa shape index (κ2) is 7.24. The number of hydrogen-bond acceptors (Lipinski definition) is 4. The van der Waals surface area contributed by atoms with Crippen LogP contribution >= 0.6 is 0 Å². The minimum absolute atomic E-state index is 0.0627. The van der Waals surface area contributed by atoms with Crippen LogP contribution in [-0.2, 0) is 0 Å². The van der Waals surface area contributed by atoms with Gasteiger partial charge in [0.2, 0.25) is 5.88 Å². The minimum Gasteiger partial charge on any atom is -0.481 e. The molecule has 1 aromatic rings. The van der Waals surface area contributed by atoms with Crippen LogP contribution in [0.3, 0.4) is 0 Å². The summed E-state index contributed by atoms with van der Waals surface area (Å²) in [5.74, 6) is 0.401. The summed E-state index contributed by atoms with van der Waals surface area (Å²) in [6.07, 6.45) is 5.26. The lowest BCUT2D eigenvalue weighted by Crippen LogP contribution is -2.46. The van der Waals surface area contributed by atoms with Crippen LogP contribution in [0.5, 0.6) is 5.88 Å². The van der Waals surface area contributed by atoms with Crippen LogP contribution < -0.4 is 10.1 Å². The standard InChI is InChI=1S/C15H23N3O2/c1-3-18-9-5-4-6-13(18)11-17-15(19)12-7-8-16-14(10-12)20-2/h7-8,10,13H,3-6,9,11H2,1-2H3,(H,17,19). The molecule has 2 heterocycles. The topological polar surface area (TPSA) is 54.5 Å². The molecule has 0 saturated carbocycles. The number of nitrogens with one attached hydrogen (secondary N) is 1. The fourth-order valence-electron chi connectivity index (χ4n) is 2.68. The zero-order chi connectivity index (χ0) is 14.4. The number of pyridine rings is 1. The third kappa shape index (κ3) is 3.70. The van der Waals surface area contributed by atoms with Gasteiger partial charge < -0.3 is 10.1 Å². The second-order valence-corrected chi connectivity index (χ2v) is 5.08. The minimum atomic E-state index is -0.0627. The molecule has 5 heteroatoms. The first-order valence-electron chi connectivity index (χ1n) is 7.27. The van der Waals surface area contributed by atoms with Crippen molar-refractivity contribution in [3.63, 3.8) is 0 Å². The van der Waals surface area contributed by atoms with Gasteiger partial charge in [0, 0.05) is 30.4 Å². The van der Waals surface area contributed by atoms with E-state index in [2.05, 4.69) is 22.1 Å². The molecule has 1 unspecified atom stereocenters. The van der Waals surface area contributed by atoms with Crippen LogP contribution in [-0.4, -0.2) is 48.6 Å². The van der Waals surface area contributed by atoms with Crippen molar-refractivity contribution in [3.05, 3.63) is 23.9 Å². The van der Waals surface area contributed by atoms with Crippen LogP contribution in [0.4, 0.5) is 0 Å². The van der Waals surface area contributed by atoms with E-state index in [0.29, 0.717) is 24.0 Å². The molecule has 1 N–H and O–H groups in total. The second-order valence-electron chi connectivity index (χ2n) is 5.08. The quantitative estimate of drug-likeness (QED) is 0.890. The summed E-state index contributed by atoms with van der Waals surface area (Å²) in [5, 5.41) is 3.02. The Morgan fingerprint density at radius 1 is 1.55 bits per heavy atom. The molecule has 5 nitrogen and oxygen atoms in total. The summed E-state index contributed by atoms with van der Waals surface area (Å²) in [6.45, 7) is 5.06. The molecule has 1 aromatic heterocycles. The number of carbonyl (C=O) groups is 1. The molecule has 0 spiro atoms. The largest absolute Gasteiger partial charge is 0.481 e. The first-order valence-corrected chi connectivity index (χ1v) is 7.27. The molecule has 0 radical (unpaired) electrons.